The van der Waals surface area contributed by atoms with Gasteiger partial charge in [0.1, 0.15) is 0 Å². The van der Waals surface area contributed by atoms with Crippen LogP contribution in [0.2, 0.25) is 5.02 Å². The van der Waals surface area contributed by atoms with E-state index < -0.39 is 11.6 Å². The van der Waals surface area contributed by atoms with E-state index in [9.17, 15) is 14.3 Å². The molecule has 0 fully saturated rings. The van der Waals surface area contributed by atoms with Crippen molar-refractivity contribution in [1.82, 2.24) is 14.9 Å². The number of hydrogen-bond donors (Lipinski definition) is 2. The van der Waals surface area contributed by atoms with Crippen LogP contribution < -0.4 is 5.56 Å². The lowest BCUT2D eigenvalue weighted by Crippen LogP contribution is -2.36. The highest BCUT2D eigenvalue weighted by Gasteiger charge is 2.23. The van der Waals surface area contributed by atoms with Gasteiger partial charge >= 0.3 is 0 Å². The minimum absolute atomic E-state index is 0.0141. The van der Waals surface area contributed by atoms with Crippen molar-refractivity contribution in [3.05, 3.63) is 56.0 Å². The molecule has 27 heavy (non-hydrogen) atoms. The van der Waals surface area contributed by atoms with Gasteiger partial charge in [0.15, 0.2) is 17.4 Å². The molecule has 0 saturated carbocycles. The third-order valence-electron chi connectivity index (χ3n) is 5.03. The van der Waals surface area contributed by atoms with E-state index in [1.807, 2.05) is 4.90 Å². The highest BCUT2D eigenvalue weighted by atomic mass is 35.5. The quantitative estimate of drug-likeness (QED) is 0.844. The third kappa shape index (κ3) is 3.75. The second-order valence-corrected chi connectivity index (χ2v) is 7.40. The summed E-state index contributed by atoms with van der Waals surface area (Å²) >= 11 is 5.85. The van der Waals surface area contributed by atoms with Gasteiger partial charge in [0.05, 0.1) is 22.0 Å². The number of benzene rings is 1. The molecule has 1 aromatic carbocycles. The smallest absolute Gasteiger partial charge is 0.255 e. The molecule has 2 N–H and O–H groups in total. The van der Waals surface area contributed by atoms with Gasteiger partial charge in [0.25, 0.3) is 5.56 Å². The Balaban J connectivity index is 1.55. The van der Waals surface area contributed by atoms with Crippen molar-refractivity contribution in [3.63, 3.8) is 0 Å². The first kappa shape index (κ1) is 18.1. The Morgan fingerprint density at radius 2 is 2.15 bits per heavy atom. The Kier molecular flexibility index (Phi) is 4.97. The van der Waals surface area contributed by atoms with Crippen molar-refractivity contribution in [2.45, 2.75) is 38.8 Å². The number of aromatic amines is 1. The molecular weight excluding hydrogens is 371 g/mol. The van der Waals surface area contributed by atoms with Crippen molar-refractivity contribution >= 4 is 17.3 Å². The molecule has 0 radical (unpaired) electrons. The highest BCUT2D eigenvalue weighted by Crippen LogP contribution is 2.28. The molecule has 0 bridgehead atoms. The molecule has 0 saturated heterocycles. The number of halogens is 2. The largest absolute Gasteiger partial charge is 0.504 e. The molecule has 0 atom stereocenters. The maximum Gasteiger partial charge on any atom is 0.255 e. The van der Waals surface area contributed by atoms with Gasteiger partial charge in [0.2, 0.25) is 0 Å². The molecule has 0 amide bonds. The fourth-order valence-corrected chi connectivity index (χ4v) is 3.84. The summed E-state index contributed by atoms with van der Waals surface area (Å²) in [7, 11) is 0. The molecule has 3 heterocycles. The number of aromatic nitrogens is 2. The molecule has 1 aromatic heterocycles. The Hall–Kier alpha value is -2.25. The second-order valence-electron chi connectivity index (χ2n) is 6.99. The van der Waals surface area contributed by atoms with E-state index >= 15 is 0 Å². The van der Waals surface area contributed by atoms with Gasteiger partial charge in [-0.05, 0) is 37.0 Å². The zero-order chi connectivity index (χ0) is 19.0. The van der Waals surface area contributed by atoms with Crippen molar-refractivity contribution in [2.75, 3.05) is 13.1 Å². The number of phenolic OH excluding ortho intramolecular Hbond substituents is 1. The summed E-state index contributed by atoms with van der Waals surface area (Å²) in [5.41, 5.74) is 2.86. The topological polar surface area (TPSA) is 81.6 Å². The summed E-state index contributed by atoms with van der Waals surface area (Å²) in [6.07, 6.45) is 3.64. The summed E-state index contributed by atoms with van der Waals surface area (Å²) in [5.74, 6) is -0.685. The molecule has 2 aliphatic heterocycles. The number of nitrogens with zero attached hydrogens (tertiary/aromatic N) is 3. The van der Waals surface area contributed by atoms with Crippen LogP contribution in [0.3, 0.4) is 0 Å². The van der Waals surface area contributed by atoms with Gasteiger partial charge < -0.3 is 10.1 Å². The van der Waals surface area contributed by atoms with E-state index in [2.05, 4.69) is 15.0 Å². The molecule has 4 rings (SSSR count). The number of aliphatic imine (C=N–C) groups is 1. The van der Waals surface area contributed by atoms with Crippen molar-refractivity contribution in [2.24, 2.45) is 4.99 Å². The van der Waals surface area contributed by atoms with E-state index in [-0.39, 0.29) is 10.6 Å². The summed E-state index contributed by atoms with van der Waals surface area (Å²) in [4.78, 5) is 26.6. The molecule has 2 aromatic rings. The SMILES string of the molecule is O=c1[nH]c(C2=NCCCC2)nc2c1CN(Cc1cc(F)c(O)c(Cl)c1)CC2. The number of H-pyrrole nitrogens is 1. The van der Waals surface area contributed by atoms with Gasteiger partial charge in [-0.25, -0.2) is 9.37 Å². The molecule has 0 unspecified atom stereocenters. The molecular formula is C19H20ClFN4O2. The number of phenols is 1. The van der Waals surface area contributed by atoms with E-state index in [0.29, 0.717) is 43.0 Å². The number of aromatic hydroxyl groups is 1. The minimum atomic E-state index is -0.743. The van der Waals surface area contributed by atoms with E-state index in [4.69, 9.17) is 11.6 Å². The molecule has 0 aliphatic carbocycles. The Labute approximate surface area is 160 Å². The average Bonchev–Trinajstić information content (AvgIpc) is 2.67. The minimum Gasteiger partial charge on any atom is -0.504 e. The van der Waals surface area contributed by atoms with Crippen molar-refractivity contribution < 1.29 is 9.50 Å². The number of rotatable bonds is 3. The number of hydrogen-bond acceptors (Lipinski definition) is 5. The Morgan fingerprint density at radius 1 is 1.30 bits per heavy atom. The van der Waals surface area contributed by atoms with E-state index in [0.717, 1.165) is 37.2 Å². The third-order valence-corrected chi connectivity index (χ3v) is 5.32. The first-order valence-electron chi connectivity index (χ1n) is 9.06. The standard InChI is InChI=1S/C19H20ClFN4O2/c20-13-7-11(8-14(21)17(13)26)9-25-6-4-15-12(10-25)19(27)24-18(23-15)16-3-1-2-5-22-16/h7-8,26H,1-6,9-10H2,(H,23,24,27). The van der Waals surface area contributed by atoms with E-state index in [1.54, 1.807) is 6.07 Å². The van der Waals surface area contributed by atoms with Crippen LogP contribution in [0.1, 0.15) is 41.9 Å². The summed E-state index contributed by atoms with van der Waals surface area (Å²) in [6, 6.07) is 2.81. The molecule has 6 nitrogen and oxygen atoms in total. The Morgan fingerprint density at radius 3 is 2.89 bits per heavy atom. The zero-order valence-electron chi connectivity index (χ0n) is 14.8. The van der Waals surface area contributed by atoms with Gasteiger partial charge in [0, 0.05) is 32.6 Å². The number of nitrogens with one attached hydrogen (secondary N) is 1. The zero-order valence-corrected chi connectivity index (χ0v) is 15.5. The lowest BCUT2D eigenvalue weighted by molar-refractivity contribution is 0.241. The van der Waals surface area contributed by atoms with Crippen LogP contribution >= 0.6 is 11.6 Å². The lowest BCUT2D eigenvalue weighted by atomic mass is 10.0. The molecule has 142 valence electrons. The van der Waals surface area contributed by atoms with Gasteiger partial charge in [-0.2, -0.15) is 0 Å². The first-order valence-corrected chi connectivity index (χ1v) is 9.44. The second kappa shape index (κ2) is 7.40. The maximum absolute atomic E-state index is 13.7. The summed E-state index contributed by atoms with van der Waals surface area (Å²) < 4.78 is 13.7. The van der Waals surface area contributed by atoms with Crippen LogP contribution in [0, 0.1) is 5.82 Å². The van der Waals surface area contributed by atoms with Crippen LogP contribution in [0.25, 0.3) is 0 Å². The summed E-state index contributed by atoms with van der Waals surface area (Å²) in [5, 5.41) is 9.44. The maximum atomic E-state index is 13.7. The highest BCUT2D eigenvalue weighted by molar-refractivity contribution is 6.32. The predicted molar refractivity (Wildman–Crippen MR) is 101 cm³/mol. The summed E-state index contributed by atoms with van der Waals surface area (Å²) in [6.45, 7) is 2.36. The molecule has 2 aliphatic rings. The fourth-order valence-electron chi connectivity index (χ4n) is 3.61. The van der Waals surface area contributed by atoms with Crippen molar-refractivity contribution in [3.8, 4) is 5.75 Å². The lowest BCUT2D eigenvalue weighted by Gasteiger charge is -2.28. The molecule has 8 heteroatoms. The van der Waals surface area contributed by atoms with Gasteiger partial charge in [-0.3, -0.25) is 14.7 Å². The van der Waals surface area contributed by atoms with Crippen LogP contribution in [0.5, 0.6) is 5.75 Å². The van der Waals surface area contributed by atoms with Gasteiger partial charge in [-0.15, -0.1) is 0 Å². The molecule has 0 spiro atoms. The normalized spacial score (nSPS) is 17.5. The fraction of sp³-hybridized carbons (Fsp3) is 0.421. The Bertz CT molecular complexity index is 950. The first-order chi connectivity index (χ1) is 13.0. The van der Waals surface area contributed by atoms with Crippen LogP contribution in [0.15, 0.2) is 21.9 Å². The van der Waals surface area contributed by atoms with Crippen molar-refractivity contribution in [1.29, 1.82) is 0 Å². The average molecular weight is 391 g/mol. The monoisotopic (exact) mass is 390 g/mol. The van der Waals surface area contributed by atoms with Crippen LogP contribution in [-0.4, -0.2) is 38.8 Å². The van der Waals surface area contributed by atoms with Gasteiger partial charge in [-0.1, -0.05) is 11.6 Å². The van der Waals surface area contributed by atoms with Crippen LogP contribution in [0.4, 0.5) is 4.39 Å². The van der Waals surface area contributed by atoms with E-state index in [1.165, 1.54) is 6.07 Å². The van der Waals surface area contributed by atoms with Crippen LogP contribution in [-0.2, 0) is 19.5 Å². The predicted octanol–water partition coefficient (Wildman–Crippen LogP) is 2.80. The number of fused-ring (bicyclic) bond motifs is 1.